The van der Waals surface area contributed by atoms with E-state index in [0.29, 0.717) is 17.4 Å². The maximum atomic E-state index is 5.72. The summed E-state index contributed by atoms with van der Waals surface area (Å²) < 4.78 is 6.43. The van der Waals surface area contributed by atoms with Gasteiger partial charge < -0.3 is 10.5 Å². The lowest BCUT2D eigenvalue weighted by molar-refractivity contribution is 0.439. The predicted molar refractivity (Wildman–Crippen MR) is 70.1 cm³/mol. The first-order chi connectivity index (χ1) is 8.02. The highest BCUT2D eigenvalue weighted by Crippen LogP contribution is 2.25. The fraction of sp³-hybridized carbons (Fsp3) is 0.167. The number of ether oxygens (including phenoxy) is 1. The number of nitrogens with two attached hydrogens (primary N) is 1. The minimum Gasteiger partial charge on any atom is -0.424 e. The largest absolute Gasteiger partial charge is 0.424 e. The van der Waals surface area contributed by atoms with Crippen molar-refractivity contribution in [1.82, 2.24) is 9.97 Å². The van der Waals surface area contributed by atoms with E-state index in [2.05, 4.69) is 25.9 Å². The zero-order valence-corrected chi connectivity index (χ0v) is 11.2. The van der Waals surface area contributed by atoms with Gasteiger partial charge in [-0.3, -0.25) is 0 Å². The van der Waals surface area contributed by atoms with Crippen molar-refractivity contribution in [2.45, 2.75) is 13.8 Å². The van der Waals surface area contributed by atoms with E-state index in [1.54, 1.807) is 12.1 Å². The molecule has 1 aromatic heterocycles. The van der Waals surface area contributed by atoms with Gasteiger partial charge in [0, 0.05) is 27.6 Å². The molecular weight excluding hydrogens is 282 g/mol. The Morgan fingerprint density at radius 3 is 2.29 bits per heavy atom. The standard InChI is InChI=1S/C12H12BrN3O/c1-7-3-8(2)16-12(15-7)17-11-5-9(13)4-10(14)6-11/h3-6H,14H2,1-2H3. The van der Waals surface area contributed by atoms with E-state index in [-0.39, 0.29) is 0 Å². The fourth-order valence-corrected chi connectivity index (χ4v) is 1.98. The molecule has 1 aromatic carbocycles. The first-order valence-electron chi connectivity index (χ1n) is 5.09. The van der Waals surface area contributed by atoms with Crippen LogP contribution in [0, 0.1) is 13.8 Å². The maximum absolute atomic E-state index is 5.72. The SMILES string of the molecule is Cc1cc(C)nc(Oc2cc(N)cc(Br)c2)n1. The number of anilines is 1. The van der Waals surface area contributed by atoms with Gasteiger partial charge in [0.25, 0.3) is 0 Å². The van der Waals surface area contributed by atoms with E-state index in [9.17, 15) is 0 Å². The second kappa shape index (κ2) is 4.71. The number of nitrogen functional groups attached to an aromatic ring is 1. The van der Waals surface area contributed by atoms with Crippen molar-refractivity contribution in [3.05, 3.63) is 40.1 Å². The van der Waals surface area contributed by atoms with Crippen LogP contribution < -0.4 is 10.5 Å². The quantitative estimate of drug-likeness (QED) is 0.864. The number of halogens is 1. The molecule has 0 spiro atoms. The summed E-state index contributed by atoms with van der Waals surface area (Å²) in [7, 11) is 0. The Hall–Kier alpha value is -1.62. The van der Waals surface area contributed by atoms with Crippen molar-refractivity contribution >= 4 is 21.6 Å². The molecule has 5 heteroatoms. The molecule has 17 heavy (non-hydrogen) atoms. The lowest BCUT2D eigenvalue weighted by atomic mass is 10.3. The van der Waals surface area contributed by atoms with Crippen LogP contribution in [0.15, 0.2) is 28.7 Å². The molecule has 1 heterocycles. The molecule has 0 saturated carbocycles. The van der Waals surface area contributed by atoms with Crippen molar-refractivity contribution in [1.29, 1.82) is 0 Å². The summed E-state index contributed by atoms with van der Waals surface area (Å²) in [4.78, 5) is 8.40. The average Bonchev–Trinajstić information content (AvgIpc) is 2.13. The summed E-state index contributed by atoms with van der Waals surface area (Å²) >= 11 is 3.35. The smallest absolute Gasteiger partial charge is 0.322 e. The Labute approximate surface area is 108 Å². The summed E-state index contributed by atoms with van der Waals surface area (Å²) in [6.07, 6.45) is 0. The van der Waals surface area contributed by atoms with Crippen LogP contribution in [0.25, 0.3) is 0 Å². The van der Waals surface area contributed by atoms with Gasteiger partial charge >= 0.3 is 6.01 Å². The van der Waals surface area contributed by atoms with Gasteiger partial charge in [-0.2, -0.15) is 0 Å². The van der Waals surface area contributed by atoms with Crippen molar-refractivity contribution < 1.29 is 4.74 Å². The van der Waals surface area contributed by atoms with Crippen LogP contribution in [0.1, 0.15) is 11.4 Å². The van der Waals surface area contributed by atoms with Gasteiger partial charge in [-0.05, 0) is 32.0 Å². The Morgan fingerprint density at radius 2 is 1.71 bits per heavy atom. The van der Waals surface area contributed by atoms with Crippen molar-refractivity contribution in [3.63, 3.8) is 0 Å². The molecule has 88 valence electrons. The summed E-state index contributed by atoms with van der Waals surface area (Å²) in [6, 6.07) is 7.57. The Morgan fingerprint density at radius 1 is 1.06 bits per heavy atom. The third-order valence-electron chi connectivity index (χ3n) is 2.06. The van der Waals surface area contributed by atoms with Gasteiger partial charge in [0.1, 0.15) is 5.75 Å². The van der Waals surface area contributed by atoms with Crippen LogP contribution in [-0.4, -0.2) is 9.97 Å². The van der Waals surface area contributed by atoms with E-state index < -0.39 is 0 Å². The van der Waals surface area contributed by atoms with Crippen molar-refractivity contribution in [2.75, 3.05) is 5.73 Å². The van der Waals surface area contributed by atoms with Gasteiger partial charge in [-0.25, -0.2) is 9.97 Å². The summed E-state index contributed by atoms with van der Waals surface area (Å²) in [5.74, 6) is 0.613. The highest BCUT2D eigenvalue weighted by Gasteiger charge is 2.04. The van der Waals surface area contributed by atoms with Gasteiger partial charge in [0.15, 0.2) is 0 Å². The molecule has 0 aliphatic heterocycles. The molecule has 0 unspecified atom stereocenters. The molecule has 4 nitrogen and oxygen atoms in total. The zero-order chi connectivity index (χ0) is 12.4. The van der Waals surface area contributed by atoms with Gasteiger partial charge in [0.05, 0.1) is 0 Å². The number of aryl methyl sites for hydroxylation is 2. The monoisotopic (exact) mass is 293 g/mol. The predicted octanol–water partition coefficient (Wildman–Crippen LogP) is 3.23. The lowest BCUT2D eigenvalue weighted by Gasteiger charge is -2.06. The average molecular weight is 294 g/mol. The summed E-state index contributed by atoms with van der Waals surface area (Å²) in [6.45, 7) is 3.80. The second-order valence-corrected chi connectivity index (χ2v) is 4.67. The molecule has 2 N–H and O–H groups in total. The number of rotatable bonds is 2. The number of aromatic nitrogens is 2. The fourth-order valence-electron chi connectivity index (χ4n) is 1.49. The van der Waals surface area contributed by atoms with Crippen LogP contribution in [-0.2, 0) is 0 Å². The van der Waals surface area contributed by atoms with Gasteiger partial charge in [-0.15, -0.1) is 0 Å². The minimum atomic E-state index is 0.333. The van der Waals surface area contributed by atoms with E-state index in [1.165, 1.54) is 0 Å². The highest BCUT2D eigenvalue weighted by atomic mass is 79.9. The van der Waals surface area contributed by atoms with Crippen molar-refractivity contribution in [2.24, 2.45) is 0 Å². The number of nitrogens with zero attached hydrogens (tertiary/aromatic N) is 2. The highest BCUT2D eigenvalue weighted by molar-refractivity contribution is 9.10. The van der Waals surface area contributed by atoms with E-state index in [4.69, 9.17) is 10.5 Å². The first-order valence-corrected chi connectivity index (χ1v) is 5.88. The van der Waals surface area contributed by atoms with Crippen LogP contribution in [0.4, 0.5) is 5.69 Å². The molecule has 0 amide bonds. The maximum Gasteiger partial charge on any atom is 0.322 e. The summed E-state index contributed by atoms with van der Waals surface area (Å²) in [5, 5.41) is 0. The number of hydrogen-bond donors (Lipinski definition) is 1. The van der Waals surface area contributed by atoms with Gasteiger partial charge in [0.2, 0.25) is 0 Å². The van der Waals surface area contributed by atoms with Crippen LogP contribution >= 0.6 is 15.9 Å². The first kappa shape index (κ1) is 11.9. The summed E-state index contributed by atoms with van der Waals surface area (Å²) in [5.41, 5.74) is 8.09. The number of benzene rings is 1. The Bertz CT molecular complexity index is 467. The number of hydrogen-bond acceptors (Lipinski definition) is 4. The molecule has 2 aromatic rings. The molecule has 0 aliphatic rings. The normalized spacial score (nSPS) is 10.3. The molecule has 0 aliphatic carbocycles. The van der Waals surface area contributed by atoms with Gasteiger partial charge in [-0.1, -0.05) is 15.9 Å². The molecular formula is C12H12BrN3O. The molecule has 0 fully saturated rings. The third-order valence-corrected chi connectivity index (χ3v) is 2.52. The van der Waals surface area contributed by atoms with E-state index >= 15 is 0 Å². The molecule has 0 bridgehead atoms. The Balaban J connectivity index is 2.31. The van der Waals surface area contributed by atoms with E-state index in [0.717, 1.165) is 15.9 Å². The van der Waals surface area contributed by atoms with Crippen LogP contribution in [0.3, 0.4) is 0 Å². The molecule has 2 rings (SSSR count). The lowest BCUT2D eigenvalue weighted by Crippen LogP contribution is -1.96. The zero-order valence-electron chi connectivity index (χ0n) is 9.57. The van der Waals surface area contributed by atoms with Crippen LogP contribution in [0.2, 0.25) is 0 Å². The Kier molecular flexibility index (Phi) is 3.28. The van der Waals surface area contributed by atoms with E-state index in [1.807, 2.05) is 26.0 Å². The van der Waals surface area contributed by atoms with Crippen LogP contribution in [0.5, 0.6) is 11.8 Å². The molecule has 0 atom stereocenters. The second-order valence-electron chi connectivity index (χ2n) is 3.76. The van der Waals surface area contributed by atoms with Crippen molar-refractivity contribution in [3.8, 4) is 11.8 Å². The minimum absolute atomic E-state index is 0.333. The topological polar surface area (TPSA) is 61.0 Å². The molecule has 0 radical (unpaired) electrons. The molecule has 0 saturated heterocycles. The third kappa shape index (κ3) is 3.17.